The van der Waals surface area contributed by atoms with Crippen LogP contribution in [-0.4, -0.2) is 37.4 Å². The molecule has 1 aliphatic heterocycles. The Morgan fingerprint density at radius 3 is 2.65 bits per heavy atom. The van der Waals surface area contributed by atoms with Crippen LogP contribution in [0.25, 0.3) is 0 Å². The fourth-order valence-electron chi connectivity index (χ4n) is 2.99. The topological polar surface area (TPSA) is 80.1 Å². The standard InChI is InChI=1S/C18H23N5O2S/c1-6-14-20-21-17(22(14)5)26-11(2)15(24)23-13-10-8-7-9-12(13)19-16(25)18(23,3)4/h7-11H,6H2,1-5H3,(H,19,25). The van der Waals surface area contributed by atoms with Crippen LogP contribution < -0.4 is 10.2 Å². The summed E-state index contributed by atoms with van der Waals surface area (Å²) in [7, 11) is 1.89. The summed E-state index contributed by atoms with van der Waals surface area (Å²) in [4.78, 5) is 27.4. The van der Waals surface area contributed by atoms with Gasteiger partial charge >= 0.3 is 0 Å². The van der Waals surface area contributed by atoms with E-state index >= 15 is 0 Å². The number of fused-ring (bicyclic) bond motifs is 1. The molecule has 0 bridgehead atoms. The van der Waals surface area contributed by atoms with Crippen LogP contribution in [0.5, 0.6) is 0 Å². The minimum absolute atomic E-state index is 0.136. The second-order valence-electron chi connectivity index (χ2n) is 6.78. The largest absolute Gasteiger partial charge is 0.322 e. The van der Waals surface area contributed by atoms with E-state index in [1.54, 1.807) is 24.8 Å². The van der Waals surface area contributed by atoms with Gasteiger partial charge in [0.1, 0.15) is 11.4 Å². The number of aromatic nitrogens is 3. The molecule has 2 heterocycles. The molecule has 0 aliphatic carbocycles. The number of thioether (sulfide) groups is 1. The molecule has 8 heteroatoms. The van der Waals surface area contributed by atoms with Crippen molar-refractivity contribution in [2.45, 2.75) is 50.1 Å². The smallest absolute Gasteiger partial charge is 0.250 e. The summed E-state index contributed by atoms with van der Waals surface area (Å²) in [5.74, 6) is 0.534. The number of rotatable bonds is 4. The molecule has 1 N–H and O–H groups in total. The van der Waals surface area contributed by atoms with Gasteiger partial charge in [0.05, 0.1) is 16.6 Å². The number of hydrogen-bond donors (Lipinski definition) is 1. The van der Waals surface area contributed by atoms with Gasteiger partial charge in [0.25, 0.3) is 0 Å². The zero-order valence-corrected chi connectivity index (χ0v) is 16.4. The van der Waals surface area contributed by atoms with Crippen LogP contribution in [0.1, 0.15) is 33.5 Å². The van der Waals surface area contributed by atoms with Crippen molar-refractivity contribution in [2.24, 2.45) is 7.05 Å². The van der Waals surface area contributed by atoms with E-state index in [0.717, 1.165) is 12.2 Å². The van der Waals surface area contributed by atoms with Crippen LogP contribution in [0.3, 0.4) is 0 Å². The summed E-state index contributed by atoms with van der Waals surface area (Å²) in [6.07, 6.45) is 0.777. The van der Waals surface area contributed by atoms with Gasteiger partial charge in [-0.05, 0) is 32.9 Å². The Labute approximate surface area is 157 Å². The molecule has 1 unspecified atom stereocenters. The van der Waals surface area contributed by atoms with Gasteiger partial charge in [-0.15, -0.1) is 10.2 Å². The summed E-state index contributed by atoms with van der Waals surface area (Å²) >= 11 is 1.35. The zero-order valence-electron chi connectivity index (χ0n) is 15.6. The lowest BCUT2D eigenvalue weighted by atomic mass is 9.96. The number of benzene rings is 1. The predicted molar refractivity (Wildman–Crippen MR) is 102 cm³/mol. The van der Waals surface area contributed by atoms with E-state index in [-0.39, 0.29) is 11.8 Å². The van der Waals surface area contributed by atoms with E-state index in [9.17, 15) is 9.59 Å². The van der Waals surface area contributed by atoms with E-state index in [1.165, 1.54) is 11.8 Å². The molecule has 7 nitrogen and oxygen atoms in total. The lowest BCUT2D eigenvalue weighted by Crippen LogP contribution is -2.60. The van der Waals surface area contributed by atoms with Gasteiger partial charge < -0.3 is 9.88 Å². The van der Waals surface area contributed by atoms with Crippen molar-refractivity contribution in [2.75, 3.05) is 10.2 Å². The Balaban J connectivity index is 1.92. The van der Waals surface area contributed by atoms with Gasteiger partial charge in [-0.2, -0.15) is 0 Å². The molecule has 1 aromatic heterocycles. The van der Waals surface area contributed by atoms with Gasteiger partial charge in [0, 0.05) is 13.5 Å². The maximum Gasteiger partial charge on any atom is 0.250 e. The third kappa shape index (κ3) is 2.98. The molecule has 26 heavy (non-hydrogen) atoms. The van der Waals surface area contributed by atoms with Crippen LogP contribution in [0.4, 0.5) is 11.4 Å². The lowest BCUT2D eigenvalue weighted by Gasteiger charge is -2.43. The van der Waals surface area contributed by atoms with Crippen molar-refractivity contribution in [3.63, 3.8) is 0 Å². The Hall–Kier alpha value is -2.35. The predicted octanol–water partition coefficient (Wildman–Crippen LogP) is 2.62. The van der Waals surface area contributed by atoms with E-state index < -0.39 is 10.8 Å². The summed E-state index contributed by atoms with van der Waals surface area (Å²) in [5.41, 5.74) is 0.380. The number of aryl methyl sites for hydroxylation is 1. The second kappa shape index (κ2) is 6.75. The van der Waals surface area contributed by atoms with Crippen LogP contribution >= 0.6 is 11.8 Å². The molecule has 138 valence electrons. The maximum atomic E-state index is 13.3. The lowest BCUT2D eigenvalue weighted by molar-refractivity contribution is -0.126. The molecule has 2 amide bonds. The summed E-state index contributed by atoms with van der Waals surface area (Å²) in [6.45, 7) is 7.35. The molecule has 1 aromatic carbocycles. The maximum absolute atomic E-state index is 13.3. The second-order valence-corrected chi connectivity index (χ2v) is 8.08. The van der Waals surface area contributed by atoms with Crippen LogP contribution in [-0.2, 0) is 23.1 Å². The molecule has 1 aliphatic rings. The quantitative estimate of drug-likeness (QED) is 0.834. The highest BCUT2D eigenvalue weighted by atomic mass is 32.2. The average Bonchev–Trinajstić information content (AvgIpc) is 2.95. The monoisotopic (exact) mass is 373 g/mol. The van der Waals surface area contributed by atoms with E-state index in [2.05, 4.69) is 15.5 Å². The fraction of sp³-hybridized carbons (Fsp3) is 0.444. The minimum Gasteiger partial charge on any atom is -0.322 e. The number of carbonyl (C=O) groups excluding carboxylic acids is 2. The van der Waals surface area contributed by atoms with Crippen molar-refractivity contribution >= 4 is 35.0 Å². The van der Waals surface area contributed by atoms with Gasteiger partial charge in [-0.3, -0.25) is 14.5 Å². The zero-order chi connectivity index (χ0) is 19.1. The van der Waals surface area contributed by atoms with Crippen molar-refractivity contribution in [1.82, 2.24) is 14.8 Å². The van der Waals surface area contributed by atoms with E-state index in [0.29, 0.717) is 16.5 Å². The molecule has 1 atom stereocenters. The van der Waals surface area contributed by atoms with Crippen molar-refractivity contribution in [3.05, 3.63) is 30.1 Å². The Morgan fingerprint density at radius 1 is 1.31 bits per heavy atom. The molecular formula is C18H23N5O2S. The normalized spacial score (nSPS) is 16.8. The Morgan fingerprint density at radius 2 is 2.00 bits per heavy atom. The van der Waals surface area contributed by atoms with Crippen molar-refractivity contribution in [1.29, 1.82) is 0 Å². The number of nitrogens with zero attached hydrogens (tertiary/aromatic N) is 4. The van der Waals surface area contributed by atoms with Gasteiger partial charge in [-0.25, -0.2) is 0 Å². The van der Waals surface area contributed by atoms with Crippen LogP contribution in [0.2, 0.25) is 0 Å². The molecule has 0 saturated carbocycles. The Bertz CT molecular complexity index is 861. The number of amides is 2. The first-order valence-corrected chi connectivity index (χ1v) is 9.44. The molecule has 3 rings (SSSR count). The van der Waals surface area contributed by atoms with E-state index in [4.69, 9.17) is 0 Å². The minimum atomic E-state index is -0.977. The van der Waals surface area contributed by atoms with Crippen molar-refractivity contribution < 1.29 is 9.59 Å². The number of carbonyl (C=O) groups is 2. The Kier molecular flexibility index (Phi) is 4.79. The first-order chi connectivity index (χ1) is 12.3. The highest BCUT2D eigenvalue weighted by Gasteiger charge is 2.44. The summed E-state index contributed by atoms with van der Waals surface area (Å²) < 4.78 is 1.90. The summed E-state index contributed by atoms with van der Waals surface area (Å²) in [5, 5.41) is 11.5. The molecular weight excluding hydrogens is 350 g/mol. The highest BCUT2D eigenvalue weighted by Crippen LogP contribution is 2.38. The molecule has 0 radical (unpaired) electrons. The van der Waals surface area contributed by atoms with Crippen molar-refractivity contribution in [3.8, 4) is 0 Å². The third-order valence-corrected chi connectivity index (χ3v) is 5.72. The number of anilines is 2. The fourth-order valence-corrected chi connectivity index (χ4v) is 3.87. The molecule has 0 spiro atoms. The number of nitrogens with one attached hydrogen (secondary N) is 1. The van der Waals surface area contributed by atoms with E-state index in [1.807, 2.05) is 43.7 Å². The number of para-hydroxylation sites is 2. The first kappa shape index (κ1) is 18.4. The van der Waals surface area contributed by atoms with Crippen LogP contribution in [0.15, 0.2) is 29.4 Å². The first-order valence-electron chi connectivity index (χ1n) is 8.56. The van der Waals surface area contributed by atoms with Gasteiger partial charge in [0.15, 0.2) is 5.16 Å². The molecule has 0 saturated heterocycles. The SMILES string of the molecule is CCc1nnc(SC(C)C(=O)N2c3ccccc3NC(=O)C2(C)C)n1C. The third-order valence-electron chi connectivity index (χ3n) is 4.60. The van der Waals surface area contributed by atoms with Crippen LogP contribution in [0, 0.1) is 0 Å². The molecule has 2 aromatic rings. The average molecular weight is 373 g/mol. The highest BCUT2D eigenvalue weighted by molar-refractivity contribution is 8.00. The number of hydrogen-bond acceptors (Lipinski definition) is 5. The van der Waals surface area contributed by atoms with Gasteiger partial charge in [0.2, 0.25) is 11.8 Å². The summed E-state index contributed by atoms with van der Waals surface area (Å²) in [6, 6.07) is 7.35. The molecule has 0 fully saturated rings. The van der Waals surface area contributed by atoms with Gasteiger partial charge in [-0.1, -0.05) is 30.8 Å².